The molecule has 0 saturated carbocycles. The molecule has 0 atom stereocenters. The highest BCUT2D eigenvalue weighted by molar-refractivity contribution is 9.10. The van der Waals surface area contributed by atoms with E-state index in [1.807, 2.05) is 52.6 Å². The molecule has 0 N–H and O–H groups in total. The monoisotopic (exact) mass is 508 g/mol. The van der Waals surface area contributed by atoms with Gasteiger partial charge >= 0.3 is 0 Å². The van der Waals surface area contributed by atoms with Gasteiger partial charge in [-0.15, -0.1) is 23.7 Å². The summed E-state index contributed by atoms with van der Waals surface area (Å²) in [4.78, 5) is 24.5. The second-order valence-electron chi connectivity index (χ2n) is 6.10. The molecule has 0 bridgehead atoms. The van der Waals surface area contributed by atoms with Crippen molar-refractivity contribution in [1.82, 2.24) is 14.5 Å². The first kappa shape index (κ1) is 21.7. The Morgan fingerprint density at radius 3 is 2.97 bits per heavy atom. The fourth-order valence-electron chi connectivity index (χ4n) is 2.76. The van der Waals surface area contributed by atoms with Gasteiger partial charge in [0.05, 0.1) is 16.5 Å². The standard InChI is InChI=1S/C20H17BrN4OS2.ClH/c21-15-4-6-17-18(13-15)28-20(23-17)25(10-2-9-24-11-8-22-14-24)19(26)7-5-16-3-1-12-27-16;/h1,3-8,11-14H,2,9-10H2;1H/b7-5+;. The summed E-state index contributed by atoms with van der Waals surface area (Å²) in [6.45, 7) is 1.39. The van der Waals surface area contributed by atoms with E-state index < -0.39 is 0 Å². The third kappa shape index (κ3) is 5.54. The predicted molar refractivity (Wildman–Crippen MR) is 127 cm³/mol. The number of halogens is 2. The molecule has 9 heteroatoms. The van der Waals surface area contributed by atoms with Gasteiger partial charge in [0, 0.05) is 40.9 Å². The molecule has 0 aliphatic carbocycles. The Hall–Kier alpha value is -2.00. The molecule has 0 aliphatic heterocycles. The largest absolute Gasteiger partial charge is 0.337 e. The van der Waals surface area contributed by atoms with Crippen molar-refractivity contribution in [2.75, 3.05) is 11.4 Å². The fourth-order valence-corrected chi connectivity index (χ4v) is 4.93. The summed E-state index contributed by atoms with van der Waals surface area (Å²) in [5.74, 6) is -0.0582. The first-order valence-electron chi connectivity index (χ1n) is 8.74. The molecule has 1 amide bonds. The lowest BCUT2D eigenvalue weighted by atomic mass is 10.3. The number of benzene rings is 1. The summed E-state index contributed by atoms with van der Waals surface area (Å²) < 4.78 is 4.07. The Kier molecular flexibility index (Phi) is 7.60. The van der Waals surface area contributed by atoms with Crippen LogP contribution >= 0.6 is 51.0 Å². The summed E-state index contributed by atoms with van der Waals surface area (Å²) >= 11 is 6.64. The summed E-state index contributed by atoms with van der Waals surface area (Å²) in [6, 6.07) is 9.94. The molecule has 150 valence electrons. The number of aryl methyl sites for hydroxylation is 1. The van der Waals surface area contributed by atoms with E-state index in [0.717, 1.165) is 37.7 Å². The normalized spacial score (nSPS) is 11.1. The van der Waals surface area contributed by atoms with E-state index in [9.17, 15) is 4.79 Å². The average Bonchev–Trinajstić information content (AvgIpc) is 3.44. The number of rotatable bonds is 7. The van der Waals surface area contributed by atoms with Crippen LogP contribution < -0.4 is 4.90 Å². The molecule has 3 aromatic heterocycles. The number of carbonyl (C=O) groups excluding carboxylic acids is 1. The number of carbonyl (C=O) groups is 1. The third-order valence-corrected chi connectivity index (χ3v) is 6.50. The minimum Gasteiger partial charge on any atom is -0.337 e. The van der Waals surface area contributed by atoms with Crippen LogP contribution in [-0.2, 0) is 11.3 Å². The van der Waals surface area contributed by atoms with Crippen molar-refractivity contribution in [3.8, 4) is 0 Å². The zero-order valence-electron chi connectivity index (χ0n) is 15.3. The zero-order chi connectivity index (χ0) is 19.3. The van der Waals surface area contributed by atoms with Gasteiger partial charge in [-0.2, -0.15) is 0 Å². The van der Waals surface area contributed by atoms with Gasteiger partial charge in [-0.3, -0.25) is 9.69 Å². The number of anilines is 1. The second-order valence-corrected chi connectivity index (χ2v) is 9.01. The van der Waals surface area contributed by atoms with Crippen LogP contribution in [0.1, 0.15) is 11.3 Å². The van der Waals surface area contributed by atoms with Crippen molar-refractivity contribution in [1.29, 1.82) is 0 Å². The van der Waals surface area contributed by atoms with Crippen LogP contribution in [0.5, 0.6) is 0 Å². The van der Waals surface area contributed by atoms with E-state index in [4.69, 9.17) is 0 Å². The molecular formula is C20H18BrClN4OS2. The highest BCUT2D eigenvalue weighted by atomic mass is 79.9. The molecule has 0 saturated heterocycles. The first-order valence-corrected chi connectivity index (χ1v) is 11.2. The van der Waals surface area contributed by atoms with Crippen LogP contribution in [0.4, 0.5) is 5.13 Å². The Morgan fingerprint density at radius 2 is 2.21 bits per heavy atom. The second kappa shape index (κ2) is 10.2. The lowest BCUT2D eigenvalue weighted by Gasteiger charge is -2.18. The Morgan fingerprint density at radius 1 is 1.31 bits per heavy atom. The Balaban J connectivity index is 0.00000240. The quantitative estimate of drug-likeness (QED) is 0.293. The Labute approximate surface area is 191 Å². The van der Waals surface area contributed by atoms with Crippen LogP contribution in [0.15, 0.2) is 65.0 Å². The highest BCUT2D eigenvalue weighted by Crippen LogP contribution is 2.31. The van der Waals surface area contributed by atoms with Crippen LogP contribution in [0.2, 0.25) is 0 Å². The number of thiophene rings is 1. The number of hydrogen-bond acceptors (Lipinski definition) is 5. The van der Waals surface area contributed by atoms with Crippen molar-refractivity contribution in [3.63, 3.8) is 0 Å². The molecule has 0 spiro atoms. The minimum atomic E-state index is -0.0582. The van der Waals surface area contributed by atoms with Crippen LogP contribution in [-0.4, -0.2) is 27.0 Å². The summed E-state index contributed by atoms with van der Waals surface area (Å²) in [6.07, 6.45) is 9.79. The van der Waals surface area contributed by atoms with Crippen LogP contribution in [0.3, 0.4) is 0 Å². The molecular weight excluding hydrogens is 492 g/mol. The van der Waals surface area contributed by atoms with E-state index in [2.05, 4.69) is 25.9 Å². The van der Waals surface area contributed by atoms with E-state index >= 15 is 0 Å². The smallest absolute Gasteiger partial charge is 0.252 e. The lowest BCUT2D eigenvalue weighted by Crippen LogP contribution is -2.30. The van der Waals surface area contributed by atoms with E-state index in [1.54, 1.807) is 34.8 Å². The van der Waals surface area contributed by atoms with Crippen molar-refractivity contribution < 1.29 is 4.79 Å². The minimum absolute atomic E-state index is 0. The van der Waals surface area contributed by atoms with Gasteiger partial charge in [0.15, 0.2) is 5.13 Å². The number of imidazole rings is 1. The predicted octanol–water partition coefficient (Wildman–Crippen LogP) is 5.88. The van der Waals surface area contributed by atoms with Gasteiger partial charge in [0.1, 0.15) is 0 Å². The van der Waals surface area contributed by atoms with Crippen molar-refractivity contribution in [2.45, 2.75) is 13.0 Å². The van der Waals surface area contributed by atoms with Gasteiger partial charge in [0.2, 0.25) is 0 Å². The summed E-state index contributed by atoms with van der Waals surface area (Å²) in [5, 5.41) is 2.72. The van der Waals surface area contributed by atoms with Gasteiger partial charge in [-0.05, 0) is 42.1 Å². The van der Waals surface area contributed by atoms with Crippen LogP contribution in [0, 0.1) is 0 Å². The molecule has 3 heterocycles. The number of thiazole rings is 1. The van der Waals surface area contributed by atoms with Crippen molar-refractivity contribution >= 4 is 78.3 Å². The molecule has 5 nitrogen and oxygen atoms in total. The topological polar surface area (TPSA) is 51.0 Å². The maximum Gasteiger partial charge on any atom is 0.252 e. The molecule has 0 unspecified atom stereocenters. The number of amides is 1. The number of nitrogens with zero attached hydrogens (tertiary/aromatic N) is 4. The maximum atomic E-state index is 13.0. The van der Waals surface area contributed by atoms with Gasteiger partial charge in [-0.1, -0.05) is 33.3 Å². The molecule has 4 rings (SSSR count). The third-order valence-electron chi connectivity index (χ3n) is 4.13. The number of aromatic nitrogens is 3. The maximum absolute atomic E-state index is 13.0. The highest BCUT2D eigenvalue weighted by Gasteiger charge is 2.18. The van der Waals surface area contributed by atoms with Gasteiger partial charge in [0.25, 0.3) is 5.91 Å². The fraction of sp³-hybridized carbons (Fsp3) is 0.150. The summed E-state index contributed by atoms with van der Waals surface area (Å²) in [7, 11) is 0. The van der Waals surface area contributed by atoms with Gasteiger partial charge < -0.3 is 4.57 Å². The zero-order valence-corrected chi connectivity index (χ0v) is 19.3. The summed E-state index contributed by atoms with van der Waals surface area (Å²) in [5.41, 5.74) is 0.901. The van der Waals surface area contributed by atoms with E-state index in [1.165, 1.54) is 11.3 Å². The number of fused-ring (bicyclic) bond motifs is 1. The molecule has 29 heavy (non-hydrogen) atoms. The van der Waals surface area contributed by atoms with Gasteiger partial charge in [-0.25, -0.2) is 9.97 Å². The SMILES string of the molecule is Cl.O=C(/C=C/c1cccs1)N(CCCn1ccnc1)c1nc2ccc(Br)cc2s1. The molecule has 0 radical (unpaired) electrons. The average molecular weight is 510 g/mol. The van der Waals surface area contributed by atoms with E-state index in [0.29, 0.717) is 6.54 Å². The Bertz CT molecular complexity index is 1090. The van der Waals surface area contributed by atoms with Crippen molar-refractivity contribution in [3.05, 3.63) is 69.9 Å². The van der Waals surface area contributed by atoms with E-state index in [-0.39, 0.29) is 18.3 Å². The van der Waals surface area contributed by atoms with Crippen LogP contribution in [0.25, 0.3) is 16.3 Å². The molecule has 1 aromatic carbocycles. The molecule has 0 fully saturated rings. The first-order chi connectivity index (χ1) is 13.7. The molecule has 0 aliphatic rings. The number of hydrogen-bond donors (Lipinski definition) is 0. The molecule has 4 aromatic rings. The van der Waals surface area contributed by atoms with Crippen molar-refractivity contribution in [2.24, 2.45) is 0 Å². The lowest BCUT2D eigenvalue weighted by molar-refractivity contribution is -0.114.